The molecule has 1 rings (SSSR count). The molecular formula is C15H16F6N2O3. The lowest BCUT2D eigenvalue weighted by atomic mass is 10.2. The number of carbonyl (C=O) groups excluding carboxylic acids is 1. The molecule has 0 heterocycles. The molecular weight excluding hydrogens is 370 g/mol. The molecule has 0 unspecified atom stereocenters. The maximum atomic E-state index is 13.1. The van der Waals surface area contributed by atoms with Crippen molar-refractivity contribution in [2.45, 2.75) is 44.8 Å². The van der Waals surface area contributed by atoms with Crippen molar-refractivity contribution in [1.29, 1.82) is 0 Å². The van der Waals surface area contributed by atoms with Crippen LogP contribution in [0.2, 0.25) is 0 Å². The number of alkyl halides is 6. The number of carbonyl (C=O) groups is 1. The Bertz CT molecular complexity index is 638. The fourth-order valence-electron chi connectivity index (χ4n) is 1.48. The van der Waals surface area contributed by atoms with Crippen LogP contribution < -0.4 is 10.2 Å². The summed E-state index contributed by atoms with van der Waals surface area (Å²) in [4.78, 5) is 11.3. The normalized spacial score (nSPS) is 14.2. The van der Waals surface area contributed by atoms with E-state index in [-0.39, 0.29) is 0 Å². The second-order valence-corrected chi connectivity index (χ2v) is 6.01. The summed E-state index contributed by atoms with van der Waals surface area (Å²) < 4.78 is 83.7. The molecule has 1 aromatic rings. The highest BCUT2D eigenvalue weighted by Crippen LogP contribution is 2.36. The molecule has 1 atom stereocenters. The van der Waals surface area contributed by atoms with Crippen molar-refractivity contribution in [1.82, 2.24) is 5.43 Å². The van der Waals surface area contributed by atoms with Gasteiger partial charge in [-0.3, -0.25) is 0 Å². The highest BCUT2D eigenvalue weighted by Gasteiger charge is 2.59. The zero-order valence-electron chi connectivity index (χ0n) is 13.9. The lowest BCUT2D eigenvalue weighted by Crippen LogP contribution is -2.45. The van der Waals surface area contributed by atoms with Gasteiger partial charge in [0.1, 0.15) is 11.4 Å². The third kappa shape index (κ3) is 7.19. The summed E-state index contributed by atoms with van der Waals surface area (Å²) in [6.07, 6.45) is -15.0. The van der Waals surface area contributed by atoms with Gasteiger partial charge in [-0.25, -0.2) is 14.6 Å². The molecule has 0 saturated heterocycles. The smallest absolute Gasteiger partial charge is 0.439 e. The second-order valence-electron chi connectivity index (χ2n) is 6.01. The van der Waals surface area contributed by atoms with Crippen LogP contribution in [0.15, 0.2) is 29.4 Å². The van der Waals surface area contributed by atoms with E-state index >= 15 is 0 Å². The Labute approximate surface area is 145 Å². The van der Waals surface area contributed by atoms with Gasteiger partial charge in [0.15, 0.2) is 0 Å². The number of rotatable bonds is 5. The van der Waals surface area contributed by atoms with Gasteiger partial charge in [0.25, 0.3) is 6.17 Å². The molecule has 0 aliphatic heterocycles. The number of amides is 1. The molecule has 0 aliphatic carbocycles. The van der Waals surface area contributed by atoms with Gasteiger partial charge in [0.2, 0.25) is 0 Å². The molecule has 5 nitrogen and oxygen atoms in total. The van der Waals surface area contributed by atoms with Crippen LogP contribution in [0, 0.1) is 0 Å². The SMILES string of the molecule is CC(C)(C)OC(=O)N/N=C\c1ccc(OC(F)(F)[C@H](F)C(F)(F)F)cc1. The third-order valence-electron chi connectivity index (χ3n) is 2.48. The highest BCUT2D eigenvalue weighted by molar-refractivity contribution is 5.81. The number of hydrogen-bond donors (Lipinski definition) is 1. The fourth-order valence-corrected chi connectivity index (χ4v) is 1.48. The van der Waals surface area contributed by atoms with Crippen LogP contribution in [0.4, 0.5) is 31.1 Å². The van der Waals surface area contributed by atoms with Crippen LogP contribution in [-0.2, 0) is 4.74 Å². The number of nitrogens with zero attached hydrogens (tertiary/aromatic N) is 1. The Balaban J connectivity index is 2.66. The van der Waals surface area contributed by atoms with Crippen molar-refractivity contribution < 1.29 is 40.6 Å². The number of ether oxygens (including phenoxy) is 2. The molecule has 11 heteroatoms. The van der Waals surface area contributed by atoms with Gasteiger partial charge in [-0.2, -0.15) is 27.1 Å². The summed E-state index contributed by atoms with van der Waals surface area (Å²) in [5, 5.41) is 3.54. The average molecular weight is 386 g/mol. The monoisotopic (exact) mass is 386 g/mol. The minimum absolute atomic E-state index is 0.296. The molecule has 146 valence electrons. The fraction of sp³-hybridized carbons (Fsp3) is 0.467. The molecule has 0 radical (unpaired) electrons. The minimum Gasteiger partial charge on any atom is -0.443 e. The van der Waals surface area contributed by atoms with Gasteiger partial charge in [0, 0.05) is 0 Å². The van der Waals surface area contributed by atoms with Crippen molar-refractivity contribution in [3.05, 3.63) is 29.8 Å². The van der Waals surface area contributed by atoms with E-state index in [9.17, 15) is 31.1 Å². The van der Waals surface area contributed by atoms with Crippen LogP contribution >= 0.6 is 0 Å². The molecule has 1 N–H and O–H groups in total. The minimum atomic E-state index is -5.76. The third-order valence-corrected chi connectivity index (χ3v) is 2.48. The van der Waals surface area contributed by atoms with Gasteiger partial charge in [0.05, 0.1) is 6.21 Å². The first-order valence-corrected chi connectivity index (χ1v) is 7.10. The number of hydrazone groups is 1. The first-order chi connectivity index (χ1) is 11.7. The van der Waals surface area contributed by atoms with Crippen molar-refractivity contribution in [2.75, 3.05) is 0 Å². The summed E-state index contributed by atoms with van der Waals surface area (Å²) in [5.74, 6) is -0.681. The number of benzene rings is 1. The van der Waals surface area contributed by atoms with Crippen LogP contribution in [-0.4, -0.2) is 36.4 Å². The van der Waals surface area contributed by atoms with E-state index in [1.54, 1.807) is 20.8 Å². The van der Waals surface area contributed by atoms with E-state index in [1.807, 2.05) is 0 Å². The van der Waals surface area contributed by atoms with E-state index in [2.05, 4.69) is 15.3 Å². The zero-order valence-corrected chi connectivity index (χ0v) is 13.9. The molecule has 26 heavy (non-hydrogen) atoms. The molecule has 0 saturated carbocycles. The van der Waals surface area contributed by atoms with Crippen LogP contribution in [0.25, 0.3) is 0 Å². The van der Waals surface area contributed by atoms with E-state index < -0.39 is 35.9 Å². The Hall–Kier alpha value is -2.46. The van der Waals surface area contributed by atoms with Gasteiger partial charge < -0.3 is 9.47 Å². The number of nitrogens with one attached hydrogen (secondary N) is 1. The first kappa shape index (κ1) is 21.6. The predicted octanol–water partition coefficient (Wildman–Crippen LogP) is 4.42. The summed E-state index contributed by atoms with van der Waals surface area (Å²) in [6.45, 7) is 4.93. The summed E-state index contributed by atoms with van der Waals surface area (Å²) >= 11 is 0. The second kappa shape index (κ2) is 7.83. The molecule has 1 amide bonds. The Morgan fingerprint density at radius 1 is 1.12 bits per heavy atom. The number of hydrogen-bond acceptors (Lipinski definition) is 4. The lowest BCUT2D eigenvalue weighted by Gasteiger charge is -2.23. The van der Waals surface area contributed by atoms with E-state index in [4.69, 9.17) is 4.74 Å². The standard InChI is InChI=1S/C15H16F6N2O3/c1-13(2,3)26-12(24)23-22-8-9-4-6-10(7-5-9)25-15(20,21)11(16)14(17,18)19/h4-8,11H,1-3H3,(H,23,24)/b22-8-/t11-/m1/s1. The molecule has 0 fully saturated rings. The topological polar surface area (TPSA) is 59.9 Å². The predicted molar refractivity (Wildman–Crippen MR) is 79.9 cm³/mol. The Morgan fingerprint density at radius 3 is 2.12 bits per heavy atom. The summed E-state index contributed by atoms with van der Waals surface area (Å²) in [5.41, 5.74) is 1.62. The lowest BCUT2D eigenvalue weighted by molar-refractivity contribution is -0.304. The van der Waals surface area contributed by atoms with Crippen molar-refractivity contribution in [3.63, 3.8) is 0 Å². The van der Waals surface area contributed by atoms with E-state index in [0.29, 0.717) is 5.56 Å². The molecule has 0 spiro atoms. The largest absolute Gasteiger partial charge is 0.443 e. The van der Waals surface area contributed by atoms with E-state index in [1.165, 1.54) is 0 Å². The molecule has 0 aromatic heterocycles. The Morgan fingerprint density at radius 2 is 1.65 bits per heavy atom. The van der Waals surface area contributed by atoms with E-state index in [0.717, 1.165) is 30.5 Å². The highest BCUT2D eigenvalue weighted by atomic mass is 19.4. The number of halogens is 6. The van der Waals surface area contributed by atoms with Gasteiger partial charge in [-0.15, -0.1) is 0 Å². The first-order valence-electron chi connectivity index (χ1n) is 7.10. The van der Waals surface area contributed by atoms with Crippen LogP contribution in [0.3, 0.4) is 0 Å². The average Bonchev–Trinajstić information content (AvgIpc) is 2.45. The van der Waals surface area contributed by atoms with Crippen LogP contribution in [0.5, 0.6) is 5.75 Å². The maximum absolute atomic E-state index is 13.1. The van der Waals surface area contributed by atoms with Crippen molar-refractivity contribution in [3.8, 4) is 5.75 Å². The van der Waals surface area contributed by atoms with Crippen LogP contribution in [0.1, 0.15) is 26.3 Å². The van der Waals surface area contributed by atoms with Gasteiger partial charge >= 0.3 is 18.4 Å². The van der Waals surface area contributed by atoms with Crippen molar-refractivity contribution in [2.24, 2.45) is 5.10 Å². The molecule has 1 aromatic carbocycles. The zero-order chi connectivity index (χ0) is 20.2. The van der Waals surface area contributed by atoms with Gasteiger partial charge in [-0.05, 0) is 50.6 Å². The van der Waals surface area contributed by atoms with Crippen molar-refractivity contribution >= 4 is 12.3 Å². The maximum Gasteiger partial charge on any atom is 0.439 e. The summed E-state index contributed by atoms with van der Waals surface area (Å²) in [7, 11) is 0. The molecule has 0 aliphatic rings. The Kier molecular flexibility index (Phi) is 6.50. The quantitative estimate of drug-likeness (QED) is 0.463. The van der Waals surface area contributed by atoms with Gasteiger partial charge in [-0.1, -0.05) is 0 Å². The molecule has 0 bridgehead atoms. The summed E-state index contributed by atoms with van der Waals surface area (Å²) in [6, 6.07) is 4.11.